The monoisotopic (exact) mass is 350 g/mol. The molecule has 1 aliphatic rings. The summed E-state index contributed by atoms with van der Waals surface area (Å²) in [5.74, 6) is 1.50. The highest BCUT2D eigenvalue weighted by molar-refractivity contribution is 5.83. The summed E-state index contributed by atoms with van der Waals surface area (Å²) < 4.78 is 11.0. The number of hydrogen-bond donors (Lipinski definition) is 2. The molecule has 3 aromatic rings. The van der Waals surface area contributed by atoms with Gasteiger partial charge in [0, 0.05) is 23.6 Å². The van der Waals surface area contributed by atoms with E-state index in [0.717, 1.165) is 29.0 Å². The van der Waals surface area contributed by atoms with E-state index in [1.54, 1.807) is 7.11 Å². The van der Waals surface area contributed by atoms with Crippen molar-refractivity contribution in [1.29, 1.82) is 0 Å². The number of ether oxygens (including phenoxy) is 2. The molecule has 2 aromatic carbocycles. The van der Waals surface area contributed by atoms with Crippen molar-refractivity contribution in [1.82, 2.24) is 10.3 Å². The molecule has 4 rings (SSSR count). The molecule has 0 unspecified atom stereocenters. The lowest BCUT2D eigenvalue weighted by Crippen LogP contribution is -2.38. The van der Waals surface area contributed by atoms with Crippen LogP contribution in [0.25, 0.3) is 10.9 Å². The predicted molar refractivity (Wildman–Crippen MR) is 101 cm³/mol. The summed E-state index contributed by atoms with van der Waals surface area (Å²) >= 11 is 0. The van der Waals surface area contributed by atoms with Gasteiger partial charge in [0.2, 0.25) is 5.91 Å². The smallest absolute Gasteiger partial charge is 0.226 e. The van der Waals surface area contributed by atoms with Gasteiger partial charge in [-0.1, -0.05) is 18.2 Å². The highest BCUT2D eigenvalue weighted by atomic mass is 16.5. The van der Waals surface area contributed by atoms with E-state index >= 15 is 0 Å². The molecule has 5 nitrogen and oxygen atoms in total. The van der Waals surface area contributed by atoms with Gasteiger partial charge in [-0.15, -0.1) is 0 Å². The maximum atomic E-state index is 12.5. The number of rotatable bonds is 5. The average Bonchev–Trinajstić information content (AvgIpc) is 3.10. The lowest BCUT2D eigenvalue weighted by molar-refractivity contribution is -0.126. The fourth-order valence-electron chi connectivity index (χ4n) is 3.47. The zero-order chi connectivity index (χ0) is 17.9. The van der Waals surface area contributed by atoms with E-state index in [1.165, 1.54) is 10.9 Å². The first-order valence-electron chi connectivity index (χ1n) is 8.87. The Labute approximate surface area is 152 Å². The van der Waals surface area contributed by atoms with Gasteiger partial charge in [-0.3, -0.25) is 4.79 Å². The SMILES string of the molecule is COc1ccc2c(c1)C[C@@H](C(=O)NCCc1c[nH]c3ccccc13)CO2. The molecule has 0 radical (unpaired) electrons. The molecule has 0 saturated heterocycles. The Hall–Kier alpha value is -2.95. The Morgan fingerprint density at radius 3 is 3.08 bits per heavy atom. The minimum Gasteiger partial charge on any atom is -0.497 e. The van der Waals surface area contributed by atoms with Gasteiger partial charge in [-0.2, -0.15) is 0 Å². The Bertz CT molecular complexity index is 932. The molecule has 134 valence electrons. The first-order valence-corrected chi connectivity index (χ1v) is 8.87. The summed E-state index contributed by atoms with van der Waals surface area (Å²) in [5, 5.41) is 4.26. The maximum absolute atomic E-state index is 12.5. The van der Waals surface area contributed by atoms with Gasteiger partial charge in [-0.25, -0.2) is 0 Å². The van der Waals surface area contributed by atoms with Gasteiger partial charge in [0.05, 0.1) is 13.0 Å². The van der Waals surface area contributed by atoms with Crippen LogP contribution < -0.4 is 14.8 Å². The quantitative estimate of drug-likeness (QED) is 0.743. The number of hydrogen-bond acceptors (Lipinski definition) is 3. The largest absolute Gasteiger partial charge is 0.497 e. The molecular formula is C21H22N2O3. The third kappa shape index (κ3) is 3.25. The van der Waals surface area contributed by atoms with Crippen molar-refractivity contribution in [3.05, 3.63) is 59.8 Å². The first kappa shape index (κ1) is 16.5. The molecule has 2 N–H and O–H groups in total. The number of fused-ring (bicyclic) bond motifs is 2. The van der Waals surface area contributed by atoms with Crippen molar-refractivity contribution in [2.45, 2.75) is 12.8 Å². The number of aromatic amines is 1. The zero-order valence-electron chi connectivity index (χ0n) is 14.7. The van der Waals surface area contributed by atoms with Gasteiger partial charge in [0.15, 0.2) is 0 Å². The molecule has 5 heteroatoms. The fraction of sp³-hybridized carbons (Fsp3) is 0.286. The van der Waals surface area contributed by atoms with Crippen LogP contribution in [0.5, 0.6) is 11.5 Å². The highest BCUT2D eigenvalue weighted by Gasteiger charge is 2.26. The number of benzene rings is 2. The van der Waals surface area contributed by atoms with Crippen LogP contribution in [-0.4, -0.2) is 31.2 Å². The van der Waals surface area contributed by atoms with Crippen LogP contribution in [0.2, 0.25) is 0 Å². The number of carbonyl (C=O) groups excluding carboxylic acids is 1. The molecule has 0 fully saturated rings. The summed E-state index contributed by atoms with van der Waals surface area (Å²) in [6.45, 7) is 1.03. The van der Waals surface area contributed by atoms with Crippen LogP contribution in [0.3, 0.4) is 0 Å². The number of H-pyrrole nitrogens is 1. The van der Waals surface area contributed by atoms with Gasteiger partial charge in [-0.05, 0) is 48.2 Å². The van der Waals surface area contributed by atoms with Crippen LogP contribution in [0.1, 0.15) is 11.1 Å². The van der Waals surface area contributed by atoms with Crippen LogP contribution in [0.4, 0.5) is 0 Å². The van der Waals surface area contributed by atoms with Crippen molar-refractivity contribution < 1.29 is 14.3 Å². The second kappa shape index (κ2) is 7.12. The van der Waals surface area contributed by atoms with Gasteiger partial charge in [0.1, 0.15) is 18.1 Å². The zero-order valence-corrected chi connectivity index (χ0v) is 14.7. The molecule has 26 heavy (non-hydrogen) atoms. The molecule has 2 heterocycles. The topological polar surface area (TPSA) is 63.3 Å². The summed E-state index contributed by atoms with van der Waals surface area (Å²) in [6, 6.07) is 13.9. The molecule has 1 atom stereocenters. The maximum Gasteiger partial charge on any atom is 0.226 e. The summed E-state index contributed by atoms with van der Waals surface area (Å²) in [6.07, 6.45) is 3.49. The summed E-state index contributed by atoms with van der Waals surface area (Å²) in [4.78, 5) is 15.8. The number of carbonyl (C=O) groups is 1. The minimum absolute atomic E-state index is 0.0401. The average molecular weight is 350 g/mol. The van der Waals surface area contributed by atoms with Crippen LogP contribution in [0, 0.1) is 5.92 Å². The Balaban J connectivity index is 1.35. The van der Waals surface area contributed by atoms with Crippen LogP contribution in [0.15, 0.2) is 48.7 Å². The summed E-state index contributed by atoms with van der Waals surface area (Å²) in [5.41, 5.74) is 3.36. The minimum atomic E-state index is -0.169. The van der Waals surface area contributed by atoms with E-state index in [2.05, 4.69) is 22.4 Å². The van der Waals surface area contributed by atoms with Crippen LogP contribution in [-0.2, 0) is 17.6 Å². The molecule has 0 saturated carbocycles. The van der Waals surface area contributed by atoms with E-state index in [0.29, 0.717) is 19.6 Å². The van der Waals surface area contributed by atoms with Gasteiger partial charge < -0.3 is 19.8 Å². The number of methoxy groups -OCH3 is 1. The molecule has 1 aromatic heterocycles. The number of para-hydroxylation sites is 1. The van der Waals surface area contributed by atoms with Crippen molar-refractivity contribution >= 4 is 16.8 Å². The van der Waals surface area contributed by atoms with E-state index in [4.69, 9.17) is 9.47 Å². The van der Waals surface area contributed by atoms with Crippen molar-refractivity contribution in [2.24, 2.45) is 5.92 Å². The third-order valence-electron chi connectivity index (χ3n) is 4.91. The lowest BCUT2D eigenvalue weighted by atomic mass is 9.95. The Kier molecular flexibility index (Phi) is 4.52. The molecule has 0 aliphatic carbocycles. The third-order valence-corrected chi connectivity index (χ3v) is 4.91. The van der Waals surface area contributed by atoms with Crippen molar-refractivity contribution in [3.63, 3.8) is 0 Å². The second-order valence-corrected chi connectivity index (χ2v) is 6.59. The highest BCUT2D eigenvalue weighted by Crippen LogP contribution is 2.30. The summed E-state index contributed by atoms with van der Waals surface area (Å²) in [7, 11) is 1.64. The first-order chi connectivity index (χ1) is 12.7. The fourth-order valence-corrected chi connectivity index (χ4v) is 3.47. The molecular weight excluding hydrogens is 328 g/mol. The van der Waals surface area contributed by atoms with Crippen molar-refractivity contribution in [3.8, 4) is 11.5 Å². The Morgan fingerprint density at radius 1 is 1.31 bits per heavy atom. The van der Waals surface area contributed by atoms with E-state index < -0.39 is 0 Å². The van der Waals surface area contributed by atoms with Crippen molar-refractivity contribution in [2.75, 3.05) is 20.3 Å². The van der Waals surface area contributed by atoms with Gasteiger partial charge in [0.25, 0.3) is 0 Å². The number of nitrogens with one attached hydrogen (secondary N) is 2. The van der Waals surface area contributed by atoms with Gasteiger partial charge >= 0.3 is 0 Å². The van der Waals surface area contributed by atoms with Crippen LogP contribution >= 0.6 is 0 Å². The second-order valence-electron chi connectivity index (χ2n) is 6.59. The number of aromatic nitrogens is 1. The van der Waals surface area contributed by atoms with E-state index in [-0.39, 0.29) is 11.8 Å². The number of amides is 1. The van der Waals surface area contributed by atoms with E-state index in [9.17, 15) is 4.79 Å². The Morgan fingerprint density at radius 2 is 2.19 bits per heavy atom. The molecule has 0 spiro atoms. The molecule has 0 bridgehead atoms. The lowest BCUT2D eigenvalue weighted by Gasteiger charge is -2.25. The normalized spacial score (nSPS) is 16.0. The molecule has 1 amide bonds. The van der Waals surface area contributed by atoms with E-state index in [1.807, 2.05) is 36.5 Å². The standard InChI is InChI=1S/C21H22N2O3/c1-25-17-6-7-20-15(11-17)10-16(13-26-20)21(24)22-9-8-14-12-23-19-5-3-2-4-18(14)19/h2-7,11-12,16,23H,8-10,13H2,1H3,(H,22,24)/t16-/m1/s1. The predicted octanol–water partition coefficient (Wildman–Crippen LogP) is 3.09. The molecule has 1 aliphatic heterocycles.